The lowest BCUT2D eigenvalue weighted by Gasteiger charge is -2.33. The number of pyridine rings is 1. The van der Waals surface area contributed by atoms with Gasteiger partial charge in [0.05, 0.1) is 0 Å². The SMILES string of the molecule is CC(C)(C)OC(=O)N1CCC(Oc2ccc(CN)cn2)CC1. The predicted octanol–water partition coefficient (Wildman–Crippen LogP) is 2.32. The number of hydrogen-bond donors (Lipinski definition) is 1. The molecule has 22 heavy (non-hydrogen) atoms. The lowest BCUT2D eigenvalue weighted by atomic mass is 10.1. The molecule has 1 amide bonds. The first-order valence-electron chi connectivity index (χ1n) is 7.67. The van der Waals surface area contributed by atoms with Gasteiger partial charge >= 0.3 is 6.09 Å². The largest absolute Gasteiger partial charge is 0.474 e. The maximum absolute atomic E-state index is 12.0. The summed E-state index contributed by atoms with van der Waals surface area (Å²) in [5.74, 6) is 0.605. The van der Waals surface area contributed by atoms with Crippen LogP contribution in [0.5, 0.6) is 5.88 Å². The Morgan fingerprint density at radius 3 is 2.55 bits per heavy atom. The number of nitrogens with zero attached hydrogens (tertiary/aromatic N) is 2. The van der Waals surface area contributed by atoms with Gasteiger partial charge in [0, 0.05) is 44.7 Å². The van der Waals surface area contributed by atoms with Gasteiger partial charge in [0.2, 0.25) is 5.88 Å². The van der Waals surface area contributed by atoms with E-state index < -0.39 is 5.60 Å². The van der Waals surface area contributed by atoms with Gasteiger partial charge in [-0.25, -0.2) is 9.78 Å². The molecular weight excluding hydrogens is 282 g/mol. The van der Waals surface area contributed by atoms with Gasteiger partial charge in [0.1, 0.15) is 11.7 Å². The van der Waals surface area contributed by atoms with Crippen LogP contribution >= 0.6 is 0 Å². The maximum Gasteiger partial charge on any atom is 0.410 e. The molecule has 0 saturated carbocycles. The van der Waals surface area contributed by atoms with Gasteiger partial charge in [-0.05, 0) is 26.3 Å². The number of piperidine rings is 1. The van der Waals surface area contributed by atoms with Crippen LogP contribution in [0, 0.1) is 0 Å². The lowest BCUT2D eigenvalue weighted by molar-refractivity contribution is 0.0123. The van der Waals surface area contributed by atoms with Crippen molar-refractivity contribution in [3.05, 3.63) is 23.9 Å². The molecule has 1 aromatic heterocycles. The average Bonchev–Trinajstić information content (AvgIpc) is 2.47. The van der Waals surface area contributed by atoms with Gasteiger partial charge in [-0.3, -0.25) is 0 Å². The van der Waals surface area contributed by atoms with Gasteiger partial charge in [-0.15, -0.1) is 0 Å². The molecule has 2 rings (SSSR count). The number of nitrogens with two attached hydrogens (primary N) is 1. The number of carbonyl (C=O) groups excluding carboxylic acids is 1. The Hall–Kier alpha value is -1.82. The molecule has 0 aliphatic carbocycles. The molecular formula is C16H25N3O3. The van der Waals surface area contributed by atoms with E-state index in [2.05, 4.69) is 4.98 Å². The number of hydrogen-bond acceptors (Lipinski definition) is 5. The summed E-state index contributed by atoms with van der Waals surface area (Å²) in [6, 6.07) is 3.75. The molecule has 0 aromatic carbocycles. The zero-order chi connectivity index (χ0) is 16.2. The third kappa shape index (κ3) is 4.87. The second-order valence-electron chi connectivity index (χ2n) is 6.49. The highest BCUT2D eigenvalue weighted by atomic mass is 16.6. The third-order valence-corrected chi connectivity index (χ3v) is 3.41. The summed E-state index contributed by atoms with van der Waals surface area (Å²) in [4.78, 5) is 18.0. The fourth-order valence-electron chi connectivity index (χ4n) is 2.25. The minimum absolute atomic E-state index is 0.0786. The van der Waals surface area contributed by atoms with Crippen molar-refractivity contribution in [3.63, 3.8) is 0 Å². The highest BCUT2D eigenvalue weighted by Crippen LogP contribution is 2.19. The number of aromatic nitrogens is 1. The van der Waals surface area contributed by atoms with Crippen molar-refractivity contribution in [2.24, 2.45) is 5.73 Å². The smallest absolute Gasteiger partial charge is 0.410 e. The fourth-order valence-corrected chi connectivity index (χ4v) is 2.25. The molecule has 6 nitrogen and oxygen atoms in total. The molecule has 1 aliphatic heterocycles. The molecule has 1 fully saturated rings. The van der Waals surface area contributed by atoms with Crippen molar-refractivity contribution in [2.75, 3.05) is 13.1 Å². The van der Waals surface area contributed by atoms with Crippen molar-refractivity contribution < 1.29 is 14.3 Å². The zero-order valence-electron chi connectivity index (χ0n) is 13.5. The summed E-state index contributed by atoms with van der Waals surface area (Å²) >= 11 is 0. The van der Waals surface area contributed by atoms with Crippen molar-refractivity contribution in [1.82, 2.24) is 9.88 Å². The van der Waals surface area contributed by atoms with Crippen molar-refractivity contribution in [1.29, 1.82) is 0 Å². The Morgan fingerprint density at radius 1 is 1.36 bits per heavy atom. The Morgan fingerprint density at radius 2 is 2.05 bits per heavy atom. The first kappa shape index (κ1) is 16.5. The molecule has 1 aromatic rings. The van der Waals surface area contributed by atoms with Crippen LogP contribution in [0.2, 0.25) is 0 Å². The number of ether oxygens (including phenoxy) is 2. The van der Waals surface area contributed by atoms with E-state index >= 15 is 0 Å². The van der Waals surface area contributed by atoms with E-state index in [1.807, 2.05) is 32.9 Å². The maximum atomic E-state index is 12.0. The van der Waals surface area contributed by atoms with E-state index in [1.165, 1.54) is 0 Å². The van der Waals surface area contributed by atoms with Crippen LogP contribution in [0.4, 0.5) is 4.79 Å². The summed E-state index contributed by atoms with van der Waals surface area (Å²) < 4.78 is 11.2. The van der Waals surface area contributed by atoms with E-state index in [1.54, 1.807) is 11.1 Å². The van der Waals surface area contributed by atoms with Crippen molar-refractivity contribution in [2.45, 2.75) is 51.9 Å². The standard InChI is InChI=1S/C16H25N3O3/c1-16(2,3)22-15(20)19-8-6-13(7-9-19)21-14-5-4-12(10-17)11-18-14/h4-5,11,13H,6-10,17H2,1-3H3. The third-order valence-electron chi connectivity index (χ3n) is 3.41. The quantitative estimate of drug-likeness (QED) is 0.927. The average molecular weight is 307 g/mol. The molecule has 1 saturated heterocycles. The van der Waals surface area contributed by atoms with Crippen LogP contribution in [0.3, 0.4) is 0 Å². The summed E-state index contributed by atoms with van der Waals surface area (Å²) in [5, 5.41) is 0. The number of likely N-dealkylation sites (tertiary alicyclic amines) is 1. The number of carbonyl (C=O) groups is 1. The van der Waals surface area contributed by atoms with E-state index in [0.717, 1.165) is 18.4 Å². The van der Waals surface area contributed by atoms with E-state index in [0.29, 0.717) is 25.5 Å². The number of rotatable bonds is 3. The highest BCUT2D eigenvalue weighted by Gasteiger charge is 2.27. The molecule has 2 N–H and O–H groups in total. The molecule has 0 atom stereocenters. The van der Waals surface area contributed by atoms with Crippen LogP contribution in [0.25, 0.3) is 0 Å². The Balaban J connectivity index is 1.80. The Kier molecular flexibility index (Phi) is 5.24. The topological polar surface area (TPSA) is 77.7 Å². The van der Waals surface area contributed by atoms with Gasteiger partial charge in [0.15, 0.2) is 0 Å². The zero-order valence-corrected chi connectivity index (χ0v) is 13.5. The minimum Gasteiger partial charge on any atom is -0.474 e. The summed E-state index contributed by atoms with van der Waals surface area (Å²) in [6.45, 7) is 7.37. The predicted molar refractivity (Wildman–Crippen MR) is 83.6 cm³/mol. The van der Waals surface area contributed by atoms with E-state index in [4.69, 9.17) is 15.2 Å². The first-order valence-corrected chi connectivity index (χ1v) is 7.67. The summed E-state index contributed by atoms with van der Waals surface area (Å²) in [5.41, 5.74) is 6.06. The molecule has 0 radical (unpaired) electrons. The summed E-state index contributed by atoms with van der Waals surface area (Å²) in [6.07, 6.45) is 3.11. The molecule has 122 valence electrons. The highest BCUT2D eigenvalue weighted by molar-refractivity contribution is 5.68. The fraction of sp³-hybridized carbons (Fsp3) is 0.625. The minimum atomic E-state index is -0.459. The van der Waals surface area contributed by atoms with Gasteiger partial charge in [0.25, 0.3) is 0 Å². The monoisotopic (exact) mass is 307 g/mol. The van der Waals surface area contributed by atoms with Gasteiger partial charge in [-0.2, -0.15) is 0 Å². The molecule has 6 heteroatoms. The molecule has 0 bridgehead atoms. The summed E-state index contributed by atoms with van der Waals surface area (Å²) in [7, 11) is 0. The molecule has 0 unspecified atom stereocenters. The Labute approximate surface area is 131 Å². The lowest BCUT2D eigenvalue weighted by Crippen LogP contribution is -2.44. The van der Waals surface area contributed by atoms with Crippen LogP contribution in [0.15, 0.2) is 18.3 Å². The van der Waals surface area contributed by atoms with Crippen molar-refractivity contribution in [3.8, 4) is 5.88 Å². The van der Waals surface area contributed by atoms with Crippen molar-refractivity contribution >= 4 is 6.09 Å². The second kappa shape index (κ2) is 6.96. The van der Waals surface area contributed by atoms with E-state index in [-0.39, 0.29) is 12.2 Å². The second-order valence-corrected chi connectivity index (χ2v) is 6.49. The Bertz CT molecular complexity index is 488. The molecule has 1 aliphatic rings. The van der Waals surface area contributed by atoms with Crippen LogP contribution in [-0.4, -0.2) is 40.8 Å². The van der Waals surface area contributed by atoms with E-state index in [9.17, 15) is 4.79 Å². The van der Waals surface area contributed by atoms with Gasteiger partial charge < -0.3 is 20.1 Å². The first-order chi connectivity index (χ1) is 10.4. The van der Waals surface area contributed by atoms with Crippen LogP contribution < -0.4 is 10.5 Å². The molecule has 0 spiro atoms. The number of amides is 1. The van der Waals surface area contributed by atoms with Crippen LogP contribution in [0.1, 0.15) is 39.2 Å². The normalized spacial score (nSPS) is 16.5. The van der Waals surface area contributed by atoms with Gasteiger partial charge in [-0.1, -0.05) is 6.07 Å². The molecule has 2 heterocycles. The van der Waals surface area contributed by atoms with Crippen LogP contribution in [-0.2, 0) is 11.3 Å².